The van der Waals surface area contributed by atoms with Crippen molar-refractivity contribution in [3.8, 4) is 0 Å². The van der Waals surface area contributed by atoms with Gasteiger partial charge < -0.3 is 4.57 Å². The van der Waals surface area contributed by atoms with Crippen molar-refractivity contribution in [1.29, 1.82) is 0 Å². The normalized spacial score (nSPS) is 19.2. The Morgan fingerprint density at radius 3 is 2.65 bits per heavy atom. The number of aryl methyl sites for hydroxylation is 1. The number of ketones is 1. The van der Waals surface area contributed by atoms with Crippen LogP contribution in [0, 0.1) is 0 Å². The van der Waals surface area contributed by atoms with Crippen LogP contribution in [0.3, 0.4) is 0 Å². The zero-order valence-corrected chi connectivity index (χ0v) is 11.6. The summed E-state index contributed by atoms with van der Waals surface area (Å²) in [6, 6.07) is 15.0. The molecule has 100 valence electrons. The molecule has 0 N–H and O–H groups in total. The second kappa shape index (κ2) is 4.20. The van der Waals surface area contributed by atoms with Gasteiger partial charge in [0.05, 0.1) is 0 Å². The summed E-state index contributed by atoms with van der Waals surface area (Å²) < 4.78 is 2.23. The number of benzene rings is 2. The van der Waals surface area contributed by atoms with Crippen LogP contribution in [-0.4, -0.2) is 10.4 Å². The van der Waals surface area contributed by atoms with E-state index in [0.29, 0.717) is 5.78 Å². The molecule has 1 atom stereocenters. The lowest BCUT2D eigenvalue weighted by atomic mass is 9.96. The Kier molecular flexibility index (Phi) is 2.46. The van der Waals surface area contributed by atoms with E-state index in [-0.39, 0.29) is 5.92 Å². The number of aromatic nitrogens is 1. The SMILES string of the molecule is Cn1c2ccccc2c2ccc(C3CCCC3=O)cc21. The summed E-state index contributed by atoms with van der Waals surface area (Å²) in [5.41, 5.74) is 3.66. The lowest BCUT2D eigenvalue weighted by Gasteiger charge is -2.09. The Morgan fingerprint density at radius 1 is 1.05 bits per heavy atom. The van der Waals surface area contributed by atoms with E-state index < -0.39 is 0 Å². The van der Waals surface area contributed by atoms with Gasteiger partial charge in [0.25, 0.3) is 0 Å². The van der Waals surface area contributed by atoms with E-state index in [1.807, 2.05) is 0 Å². The van der Waals surface area contributed by atoms with E-state index in [1.165, 1.54) is 27.4 Å². The van der Waals surface area contributed by atoms with Gasteiger partial charge in [-0.3, -0.25) is 4.79 Å². The third kappa shape index (κ3) is 1.54. The first kappa shape index (κ1) is 11.7. The van der Waals surface area contributed by atoms with Gasteiger partial charge in [0.15, 0.2) is 0 Å². The number of carbonyl (C=O) groups is 1. The molecule has 1 fully saturated rings. The van der Waals surface area contributed by atoms with Crippen LogP contribution < -0.4 is 0 Å². The average molecular weight is 263 g/mol. The summed E-state index contributed by atoms with van der Waals surface area (Å²) in [6.07, 6.45) is 2.79. The third-order valence-corrected chi connectivity index (χ3v) is 4.65. The van der Waals surface area contributed by atoms with Crippen LogP contribution in [0.2, 0.25) is 0 Å². The molecule has 20 heavy (non-hydrogen) atoms. The highest BCUT2D eigenvalue weighted by atomic mass is 16.1. The smallest absolute Gasteiger partial charge is 0.140 e. The van der Waals surface area contributed by atoms with Crippen LogP contribution in [0.4, 0.5) is 0 Å². The van der Waals surface area contributed by atoms with Crippen LogP contribution in [0.1, 0.15) is 30.7 Å². The number of carbonyl (C=O) groups excluding carboxylic acids is 1. The number of nitrogens with zero attached hydrogens (tertiary/aromatic N) is 1. The van der Waals surface area contributed by atoms with E-state index >= 15 is 0 Å². The molecule has 1 aliphatic rings. The zero-order valence-electron chi connectivity index (χ0n) is 11.6. The summed E-state index contributed by atoms with van der Waals surface area (Å²) in [4.78, 5) is 12.0. The summed E-state index contributed by atoms with van der Waals surface area (Å²) in [5.74, 6) is 0.528. The first-order chi connectivity index (χ1) is 9.75. The number of Topliss-reactive ketones (excluding diaryl/α,β-unsaturated/α-hetero) is 1. The molecule has 0 amide bonds. The number of fused-ring (bicyclic) bond motifs is 3. The van der Waals surface area contributed by atoms with Crippen molar-refractivity contribution >= 4 is 27.6 Å². The van der Waals surface area contributed by atoms with Crippen LogP contribution in [-0.2, 0) is 11.8 Å². The predicted molar refractivity (Wildman–Crippen MR) is 82.0 cm³/mol. The fourth-order valence-corrected chi connectivity index (χ4v) is 3.56. The first-order valence-corrected chi connectivity index (χ1v) is 7.25. The summed E-state index contributed by atoms with van der Waals surface area (Å²) in [6.45, 7) is 0. The van der Waals surface area contributed by atoms with Gasteiger partial charge in [-0.15, -0.1) is 0 Å². The van der Waals surface area contributed by atoms with E-state index in [4.69, 9.17) is 0 Å². The fraction of sp³-hybridized carbons (Fsp3) is 0.278. The molecule has 3 aromatic rings. The molecular weight excluding hydrogens is 246 g/mol. The monoisotopic (exact) mass is 263 g/mol. The fourth-order valence-electron chi connectivity index (χ4n) is 3.56. The second-order valence-corrected chi connectivity index (χ2v) is 5.76. The largest absolute Gasteiger partial charge is 0.344 e. The van der Waals surface area contributed by atoms with Crippen molar-refractivity contribution in [3.05, 3.63) is 48.0 Å². The molecule has 0 saturated heterocycles. The molecule has 1 heterocycles. The standard InChI is InChI=1S/C18H17NO/c1-19-16-7-3-2-5-14(16)15-10-9-12(11-17(15)19)13-6-4-8-18(13)20/h2-3,5,7,9-11,13H,4,6,8H2,1H3. The number of rotatable bonds is 1. The lowest BCUT2D eigenvalue weighted by molar-refractivity contribution is -0.118. The highest BCUT2D eigenvalue weighted by molar-refractivity contribution is 6.08. The molecule has 0 radical (unpaired) electrons. The minimum Gasteiger partial charge on any atom is -0.344 e. The highest BCUT2D eigenvalue weighted by Gasteiger charge is 2.26. The van der Waals surface area contributed by atoms with Gasteiger partial charge in [-0.1, -0.05) is 30.3 Å². The molecule has 1 saturated carbocycles. The maximum absolute atomic E-state index is 12.0. The molecule has 1 aliphatic carbocycles. The average Bonchev–Trinajstić information content (AvgIpc) is 3.02. The Hall–Kier alpha value is -2.09. The molecule has 1 aromatic heterocycles. The maximum atomic E-state index is 12.0. The van der Waals surface area contributed by atoms with Crippen LogP contribution >= 0.6 is 0 Å². The molecule has 4 rings (SSSR count). The van der Waals surface area contributed by atoms with Gasteiger partial charge >= 0.3 is 0 Å². The lowest BCUT2D eigenvalue weighted by Crippen LogP contribution is -2.04. The summed E-state index contributed by atoms with van der Waals surface area (Å²) >= 11 is 0. The topological polar surface area (TPSA) is 22.0 Å². The van der Waals surface area contributed by atoms with Gasteiger partial charge in [-0.05, 0) is 30.5 Å². The Balaban J connectivity index is 1.97. The van der Waals surface area contributed by atoms with Crippen LogP contribution in [0.15, 0.2) is 42.5 Å². The van der Waals surface area contributed by atoms with Gasteiger partial charge in [0, 0.05) is 41.2 Å². The van der Waals surface area contributed by atoms with Crippen molar-refractivity contribution in [3.63, 3.8) is 0 Å². The van der Waals surface area contributed by atoms with Crippen LogP contribution in [0.5, 0.6) is 0 Å². The van der Waals surface area contributed by atoms with E-state index in [2.05, 4.69) is 54.1 Å². The predicted octanol–water partition coefficient (Wildman–Crippen LogP) is 4.17. The van der Waals surface area contributed by atoms with Crippen molar-refractivity contribution in [2.45, 2.75) is 25.2 Å². The minimum atomic E-state index is 0.123. The van der Waals surface area contributed by atoms with Gasteiger partial charge in [-0.2, -0.15) is 0 Å². The molecule has 0 aliphatic heterocycles. The quantitative estimate of drug-likeness (QED) is 0.646. The third-order valence-electron chi connectivity index (χ3n) is 4.65. The summed E-state index contributed by atoms with van der Waals surface area (Å²) in [7, 11) is 2.10. The molecule has 1 unspecified atom stereocenters. The Labute approximate surface area is 118 Å². The minimum absolute atomic E-state index is 0.123. The molecular formula is C18H17NO. The maximum Gasteiger partial charge on any atom is 0.140 e. The van der Waals surface area contributed by atoms with Gasteiger partial charge in [-0.25, -0.2) is 0 Å². The second-order valence-electron chi connectivity index (χ2n) is 5.76. The Bertz CT molecular complexity index is 828. The molecule has 2 nitrogen and oxygen atoms in total. The van der Waals surface area contributed by atoms with E-state index in [1.54, 1.807) is 0 Å². The van der Waals surface area contributed by atoms with Gasteiger partial charge in [0.2, 0.25) is 0 Å². The molecule has 2 aromatic carbocycles. The van der Waals surface area contributed by atoms with Crippen molar-refractivity contribution in [1.82, 2.24) is 4.57 Å². The molecule has 2 heteroatoms. The zero-order chi connectivity index (χ0) is 13.7. The summed E-state index contributed by atoms with van der Waals surface area (Å²) in [5, 5.41) is 2.56. The van der Waals surface area contributed by atoms with Crippen molar-refractivity contribution in [2.75, 3.05) is 0 Å². The number of hydrogen-bond acceptors (Lipinski definition) is 1. The Morgan fingerprint density at radius 2 is 1.85 bits per heavy atom. The first-order valence-electron chi connectivity index (χ1n) is 7.25. The van der Waals surface area contributed by atoms with E-state index in [9.17, 15) is 4.79 Å². The van der Waals surface area contributed by atoms with Crippen molar-refractivity contribution < 1.29 is 4.79 Å². The van der Waals surface area contributed by atoms with E-state index in [0.717, 1.165) is 19.3 Å². The number of hydrogen-bond donors (Lipinski definition) is 0. The highest BCUT2D eigenvalue weighted by Crippen LogP contribution is 2.35. The van der Waals surface area contributed by atoms with Crippen molar-refractivity contribution in [2.24, 2.45) is 7.05 Å². The number of para-hydroxylation sites is 1. The molecule has 0 bridgehead atoms. The van der Waals surface area contributed by atoms with Crippen LogP contribution in [0.25, 0.3) is 21.8 Å². The molecule has 0 spiro atoms. The van der Waals surface area contributed by atoms with Gasteiger partial charge in [0.1, 0.15) is 5.78 Å².